The van der Waals surface area contributed by atoms with Crippen molar-refractivity contribution in [2.75, 3.05) is 11.9 Å². The minimum Gasteiger partial charge on any atom is -0.383 e. The number of anilines is 1. The van der Waals surface area contributed by atoms with Crippen molar-refractivity contribution < 1.29 is 4.79 Å². The Kier molecular flexibility index (Phi) is 3.10. The molecule has 1 amide bonds. The molecule has 1 unspecified atom stereocenters. The fourth-order valence-corrected chi connectivity index (χ4v) is 1.77. The van der Waals surface area contributed by atoms with Gasteiger partial charge in [0, 0.05) is 18.3 Å². The number of hydrogen-bond donors (Lipinski definition) is 3. The van der Waals surface area contributed by atoms with Crippen LogP contribution < -0.4 is 16.8 Å². The van der Waals surface area contributed by atoms with Crippen molar-refractivity contribution in [3.05, 3.63) is 29.8 Å². The van der Waals surface area contributed by atoms with E-state index in [1.54, 1.807) is 12.1 Å². The summed E-state index contributed by atoms with van der Waals surface area (Å²) in [4.78, 5) is 11.2. The van der Waals surface area contributed by atoms with Gasteiger partial charge in [-0.1, -0.05) is 12.1 Å². The summed E-state index contributed by atoms with van der Waals surface area (Å²) >= 11 is 0. The first kappa shape index (κ1) is 11.0. The quantitative estimate of drug-likeness (QED) is 0.689. The van der Waals surface area contributed by atoms with Crippen molar-refractivity contribution in [3.63, 3.8) is 0 Å². The van der Waals surface area contributed by atoms with Crippen LogP contribution in [-0.2, 0) is 0 Å². The number of carbonyl (C=O) groups is 1. The Balaban J connectivity index is 1.99. The van der Waals surface area contributed by atoms with Crippen LogP contribution in [0.15, 0.2) is 24.3 Å². The molecular formula is C12H17N3O. The van der Waals surface area contributed by atoms with E-state index in [-0.39, 0.29) is 6.04 Å². The minimum absolute atomic E-state index is 0.168. The lowest BCUT2D eigenvalue weighted by atomic mass is 10.1. The maximum atomic E-state index is 11.2. The number of carbonyl (C=O) groups excluding carboxylic acids is 1. The van der Waals surface area contributed by atoms with E-state index in [4.69, 9.17) is 11.5 Å². The molecule has 0 aliphatic heterocycles. The molecule has 4 nitrogen and oxygen atoms in total. The van der Waals surface area contributed by atoms with Crippen LogP contribution in [0.3, 0.4) is 0 Å². The highest BCUT2D eigenvalue weighted by Gasteiger charge is 2.28. The predicted octanol–water partition coefficient (Wildman–Crippen LogP) is 0.935. The van der Waals surface area contributed by atoms with Crippen molar-refractivity contribution in [2.24, 2.45) is 17.4 Å². The van der Waals surface area contributed by atoms with Gasteiger partial charge in [-0.25, -0.2) is 0 Å². The molecule has 0 radical (unpaired) electrons. The third-order valence-corrected chi connectivity index (χ3v) is 2.95. The molecule has 1 aromatic carbocycles. The third kappa shape index (κ3) is 2.52. The summed E-state index contributed by atoms with van der Waals surface area (Å²) in [5.41, 5.74) is 12.5. The Morgan fingerprint density at radius 3 is 2.75 bits per heavy atom. The molecule has 1 atom stereocenters. The van der Waals surface area contributed by atoms with Crippen LogP contribution in [0.4, 0.5) is 5.69 Å². The molecule has 0 bridgehead atoms. The van der Waals surface area contributed by atoms with Gasteiger partial charge in [-0.3, -0.25) is 4.79 Å². The number of nitrogens with two attached hydrogens (primary N) is 2. The first-order chi connectivity index (χ1) is 7.68. The van der Waals surface area contributed by atoms with Crippen molar-refractivity contribution in [1.82, 2.24) is 0 Å². The van der Waals surface area contributed by atoms with Crippen molar-refractivity contribution in [3.8, 4) is 0 Å². The molecule has 2 rings (SSSR count). The van der Waals surface area contributed by atoms with Crippen molar-refractivity contribution in [2.45, 2.75) is 18.9 Å². The molecule has 0 aromatic heterocycles. The van der Waals surface area contributed by atoms with E-state index in [9.17, 15) is 4.79 Å². The van der Waals surface area contributed by atoms with Crippen LogP contribution >= 0.6 is 0 Å². The smallest absolute Gasteiger partial charge is 0.250 e. The fraction of sp³-hybridized carbons (Fsp3) is 0.417. The van der Waals surface area contributed by atoms with Crippen LogP contribution in [0.5, 0.6) is 0 Å². The zero-order chi connectivity index (χ0) is 11.5. The molecule has 0 heterocycles. The molecule has 0 saturated heterocycles. The second-order valence-corrected chi connectivity index (χ2v) is 4.29. The molecule has 16 heavy (non-hydrogen) atoms. The summed E-state index contributed by atoms with van der Waals surface area (Å²) in [6.07, 6.45) is 2.45. The van der Waals surface area contributed by atoms with E-state index < -0.39 is 5.91 Å². The summed E-state index contributed by atoms with van der Waals surface area (Å²) in [6, 6.07) is 7.40. The van der Waals surface area contributed by atoms with Gasteiger partial charge in [-0.15, -0.1) is 0 Å². The molecule has 5 N–H and O–H groups in total. The SMILES string of the molecule is NC(=O)c1ccccc1NCC(N)C1CC1. The molecule has 86 valence electrons. The van der Waals surface area contributed by atoms with Gasteiger partial charge in [0.15, 0.2) is 0 Å². The fourth-order valence-electron chi connectivity index (χ4n) is 1.77. The Hall–Kier alpha value is -1.55. The number of amides is 1. The van der Waals surface area contributed by atoms with Gasteiger partial charge in [0.25, 0.3) is 5.91 Å². The average Bonchev–Trinajstić information content (AvgIpc) is 3.10. The van der Waals surface area contributed by atoms with E-state index in [2.05, 4.69) is 5.32 Å². The van der Waals surface area contributed by atoms with Gasteiger partial charge in [0.1, 0.15) is 0 Å². The van der Waals surface area contributed by atoms with Gasteiger partial charge in [-0.2, -0.15) is 0 Å². The maximum Gasteiger partial charge on any atom is 0.250 e. The molecule has 4 heteroatoms. The van der Waals surface area contributed by atoms with Crippen molar-refractivity contribution in [1.29, 1.82) is 0 Å². The van der Waals surface area contributed by atoms with E-state index in [1.165, 1.54) is 12.8 Å². The van der Waals surface area contributed by atoms with Gasteiger partial charge >= 0.3 is 0 Å². The molecule has 1 fully saturated rings. The standard InChI is InChI=1S/C12H17N3O/c13-10(8-5-6-8)7-15-11-4-2-1-3-9(11)12(14)16/h1-4,8,10,15H,5-7,13H2,(H2,14,16). The summed E-state index contributed by atoms with van der Waals surface area (Å²) < 4.78 is 0. The zero-order valence-electron chi connectivity index (χ0n) is 9.15. The largest absolute Gasteiger partial charge is 0.383 e. The Labute approximate surface area is 95.0 Å². The Morgan fingerprint density at radius 1 is 1.44 bits per heavy atom. The van der Waals surface area contributed by atoms with Gasteiger partial charge in [0.2, 0.25) is 0 Å². The summed E-state index contributed by atoms with van der Waals surface area (Å²) in [7, 11) is 0. The summed E-state index contributed by atoms with van der Waals surface area (Å²) in [5.74, 6) is 0.233. The number of primary amides is 1. The number of benzene rings is 1. The Bertz CT molecular complexity index is 388. The summed E-state index contributed by atoms with van der Waals surface area (Å²) in [6.45, 7) is 0.689. The van der Waals surface area contributed by atoms with Crippen LogP contribution in [0.2, 0.25) is 0 Å². The second-order valence-electron chi connectivity index (χ2n) is 4.29. The van der Waals surface area contributed by atoms with Crippen molar-refractivity contribution >= 4 is 11.6 Å². The molecule has 1 aliphatic carbocycles. The highest BCUT2D eigenvalue weighted by atomic mass is 16.1. The van der Waals surface area contributed by atoms with E-state index in [1.807, 2.05) is 12.1 Å². The highest BCUT2D eigenvalue weighted by Crippen LogP contribution is 2.31. The van der Waals surface area contributed by atoms with Gasteiger partial charge < -0.3 is 16.8 Å². The predicted molar refractivity (Wildman–Crippen MR) is 64.1 cm³/mol. The number of nitrogens with one attached hydrogen (secondary N) is 1. The molecular weight excluding hydrogens is 202 g/mol. The molecule has 1 saturated carbocycles. The number of para-hydroxylation sites is 1. The lowest BCUT2D eigenvalue weighted by molar-refractivity contribution is 0.100. The zero-order valence-corrected chi connectivity index (χ0v) is 9.15. The van der Waals surface area contributed by atoms with Crippen LogP contribution in [0.1, 0.15) is 23.2 Å². The summed E-state index contributed by atoms with van der Waals surface area (Å²) in [5, 5.41) is 3.19. The average molecular weight is 219 g/mol. The number of rotatable bonds is 5. The Morgan fingerprint density at radius 2 is 2.12 bits per heavy atom. The minimum atomic E-state index is -0.414. The maximum absolute atomic E-state index is 11.2. The molecule has 1 aromatic rings. The van der Waals surface area contributed by atoms with Crippen LogP contribution in [0.25, 0.3) is 0 Å². The molecule has 1 aliphatic rings. The van der Waals surface area contributed by atoms with E-state index >= 15 is 0 Å². The van der Waals surface area contributed by atoms with Crippen LogP contribution in [0, 0.1) is 5.92 Å². The lowest BCUT2D eigenvalue weighted by Crippen LogP contribution is -2.31. The van der Waals surface area contributed by atoms with Gasteiger partial charge in [0.05, 0.1) is 5.56 Å². The monoisotopic (exact) mass is 219 g/mol. The first-order valence-electron chi connectivity index (χ1n) is 5.57. The first-order valence-corrected chi connectivity index (χ1v) is 5.57. The topological polar surface area (TPSA) is 81.1 Å². The second kappa shape index (κ2) is 4.53. The number of hydrogen-bond acceptors (Lipinski definition) is 3. The normalized spacial score (nSPS) is 16.8. The van der Waals surface area contributed by atoms with Gasteiger partial charge in [-0.05, 0) is 30.9 Å². The highest BCUT2D eigenvalue weighted by molar-refractivity contribution is 5.98. The molecule has 0 spiro atoms. The van der Waals surface area contributed by atoms with E-state index in [0.717, 1.165) is 5.69 Å². The van der Waals surface area contributed by atoms with E-state index in [0.29, 0.717) is 18.0 Å². The lowest BCUT2D eigenvalue weighted by Gasteiger charge is -2.14. The third-order valence-electron chi connectivity index (χ3n) is 2.95. The van der Waals surface area contributed by atoms with Crippen LogP contribution in [-0.4, -0.2) is 18.5 Å².